The van der Waals surface area contributed by atoms with E-state index in [1.165, 1.54) is 30.5 Å². The summed E-state index contributed by atoms with van der Waals surface area (Å²) in [5, 5.41) is 25.5. The normalized spacial score (nSPS) is 39.2. The molecule has 8 rings (SSSR count). The van der Waals surface area contributed by atoms with Crippen LogP contribution in [0.1, 0.15) is 36.8 Å². The summed E-state index contributed by atoms with van der Waals surface area (Å²) < 4.78 is 17.2. The first-order valence-corrected chi connectivity index (χ1v) is 12.4. The highest BCUT2D eigenvalue weighted by atomic mass is 32.1. The van der Waals surface area contributed by atoms with Gasteiger partial charge >= 0.3 is 11.9 Å². The Balaban J connectivity index is 0.000000343. The van der Waals surface area contributed by atoms with Crippen LogP contribution >= 0.6 is 0 Å². The van der Waals surface area contributed by atoms with Gasteiger partial charge in [0.2, 0.25) is 0 Å². The molecule has 10 heteroatoms. The average molecular weight is 501 g/mol. The van der Waals surface area contributed by atoms with Gasteiger partial charge in [-0.1, -0.05) is 18.2 Å². The second kappa shape index (κ2) is 7.47. The summed E-state index contributed by atoms with van der Waals surface area (Å²) in [5.41, 5.74) is 1.70. The van der Waals surface area contributed by atoms with Gasteiger partial charge in [0.15, 0.2) is 11.5 Å². The summed E-state index contributed by atoms with van der Waals surface area (Å²) in [6.07, 6.45) is 10.1. The predicted octanol–water partition coefficient (Wildman–Crippen LogP) is 2.03. The van der Waals surface area contributed by atoms with E-state index in [0.717, 1.165) is 31.7 Å². The molecule has 35 heavy (non-hydrogen) atoms. The lowest BCUT2D eigenvalue weighted by molar-refractivity contribution is -0.196. The summed E-state index contributed by atoms with van der Waals surface area (Å²) >= 11 is 5.29. The van der Waals surface area contributed by atoms with Crippen LogP contribution in [0, 0.1) is 11.3 Å². The maximum atomic E-state index is 10.7. The third kappa shape index (κ3) is 2.76. The summed E-state index contributed by atoms with van der Waals surface area (Å²) in [7, 11) is 1.75. The monoisotopic (exact) mass is 500 g/mol. The molecule has 2 spiro atoms. The number of likely N-dealkylation sites (tertiary alicyclic amines) is 1. The van der Waals surface area contributed by atoms with Gasteiger partial charge in [-0.15, -0.1) is 0 Å². The van der Waals surface area contributed by atoms with E-state index in [1.807, 2.05) is 6.07 Å². The molecule has 1 saturated heterocycles. The number of carboxylic acids is 2. The van der Waals surface area contributed by atoms with Crippen molar-refractivity contribution in [3.05, 3.63) is 35.4 Å². The van der Waals surface area contributed by atoms with Gasteiger partial charge in [-0.3, -0.25) is 4.90 Å². The van der Waals surface area contributed by atoms with Gasteiger partial charge in [0.25, 0.3) is 0 Å². The van der Waals surface area contributed by atoms with E-state index in [2.05, 4.69) is 27.5 Å². The first kappa shape index (κ1) is 22.9. The molecule has 4 bridgehead atoms. The number of nitrogens with zero attached hydrogens (tertiary/aromatic N) is 2. The summed E-state index contributed by atoms with van der Waals surface area (Å²) in [4.78, 5) is 21.0. The molecule has 186 valence electrons. The molecule has 2 saturated carbocycles. The molecule has 2 aliphatic heterocycles. The van der Waals surface area contributed by atoms with Crippen molar-refractivity contribution < 1.29 is 34.4 Å². The van der Waals surface area contributed by atoms with Crippen molar-refractivity contribution in [2.45, 2.75) is 61.3 Å². The molecule has 6 atom stereocenters. The van der Waals surface area contributed by atoms with Crippen molar-refractivity contribution in [3.63, 3.8) is 0 Å². The number of aliphatic carboxylic acids is 2. The number of rotatable bonds is 4. The molecule has 9 nitrogen and oxygen atoms in total. The van der Waals surface area contributed by atoms with Crippen molar-refractivity contribution >= 4 is 24.4 Å². The SMILES string of the molecule is COC12C=C[C@@]3(C[C@@H]1N=S)[C@H]1Cc4ccc(O)c5c4[C@@]3(CCN1CC1CC1)[C@H]2O5.O=C(O)C(=O)O. The minimum Gasteiger partial charge on any atom is -0.504 e. The van der Waals surface area contributed by atoms with Gasteiger partial charge in [-0.2, -0.15) is 0 Å². The fraction of sp³-hybridized carbons (Fsp3) is 0.600. The molecule has 0 radical (unpaired) electrons. The summed E-state index contributed by atoms with van der Waals surface area (Å²) in [5.74, 6) is -1.85. The van der Waals surface area contributed by atoms with Crippen LogP contribution in [0.4, 0.5) is 0 Å². The van der Waals surface area contributed by atoms with Crippen LogP contribution in [0.3, 0.4) is 0 Å². The van der Waals surface area contributed by atoms with E-state index in [1.54, 1.807) is 7.11 Å². The third-order valence-electron chi connectivity index (χ3n) is 9.38. The van der Waals surface area contributed by atoms with E-state index < -0.39 is 17.5 Å². The molecule has 2 heterocycles. The number of carbonyl (C=O) groups is 2. The molecule has 1 aromatic carbocycles. The lowest BCUT2D eigenvalue weighted by Gasteiger charge is -2.70. The number of phenolic OH excluding ortho intramolecular Hbond substituents is 1. The number of benzene rings is 1. The van der Waals surface area contributed by atoms with Crippen molar-refractivity contribution in [2.24, 2.45) is 15.7 Å². The number of hydrogen-bond acceptors (Lipinski definition) is 8. The number of fused-ring (bicyclic) bond motifs is 1. The highest BCUT2D eigenvalue weighted by Crippen LogP contribution is 2.74. The molecule has 3 N–H and O–H groups in total. The number of ether oxygens (including phenoxy) is 2. The zero-order valence-electron chi connectivity index (χ0n) is 19.3. The molecular formula is C25H28N2O7S. The van der Waals surface area contributed by atoms with Crippen LogP contribution in [-0.2, 0) is 38.6 Å². The number of carboxylic acid groups (broad SMARTS) is 2. The lowest BCUT2D eigenvalue weighted by Crippen LogP contribution is -2.80. The van der Waals surface area contributed by atoms with E-state index in [0.29, 0.717) is 11.8 Å². The van der Waals surface area contributed by atoms with Crippen molar-refractivity contribution in [2.75, 3.05) is 20.2 Å². The van der Waals surface area contributed by atoms with Gasteiger partial charge in [0, 0.05) is 43.1 Å². The zero-order chi connectivity index (χ0) is 24.8. The maximum Gasteiger partial charge on any atom is 0.414 e. The molecule has 1 unspecified atom stereocenters. The zero-order valence-corrected chi connectivity index (χ0v) is 20.2. The number of methoxy groups -OCH3 is 1. The average Bonchev–Trinajstić information content (AvgIpc) is 3.59. The Morgan fingerprint density at radius 1 is 1.26 bits per heavy atom. The van der Waals surface area contributed by atoms with E-state index in [9.17, 15) is 5.11 Å². The van der Waals surface area contributed by atoms with Crippen LogP contribution in [-0.4, -0.2) is 76.1 Å². The second-order valence-corrected chi connectivity index (χ2v) is 10.9. The molecule has 1 aromatic rings. The fourth-order valence-corrected chi connectivity index (χ4v) is 8.10. The Morgan fingerprint density at radius 3 is 2.63 bits per heavy atom. The first-order valence-electron chi connectivity index (χ1n) is 12.0. The number of piperidine rings is 1. The van der Waals surface area contributed by atoms with Gasteiger partial charge in [-0.05, 0) is 56.2 Å². The topological polar surface area (TPSA) is 129 Å². The van der Waals surface area contributed by atoms with Crippen LogP contribution in [0.2, 0.25) is 0 Å². The van der Waals surface area contributed by atoms with Gasteiger partial charge < -0.3 is 24.8 Å². The van der Waals surface area contributed by atoms with Gasteiger partial charge in [-0.25, -0.2) is 14.0 Å². The largest absolute Gasteiger partial charge is 0.504 e. The lowest BCUT2D eigenvalue weighted by atomic mass is 9.38. The van der Waals surface area contributed by atoms with Crippen LogP contribution in [0.15, 0.2) is 28.6 Å². The van der Waals surface area contributed by atoms with Crippen molar-refractivity contribution in [3.8, 4) is 11.5 Å². The van der Waals surface area contributed by atoms with Gasteiger partial charge in [0.05, 0.1) is 5.41 Å². The van der Waals surface area contributed by atoms with Crippen LogP contribution < -0.4 is 4.74 Å². The minimum atomic E-state index is -1.82. The molecule has 5 aliphatic carbocycles. The minimum absolute atomic E-state index is 0.0654. The quantitative estimate of drug-likeness (QED) is 0.420. The Hall–Kier alpha value is -2.56. The summed E-state index contributed by atoms with van der Waals surface area (Å²) in [6.45, 7) is 2.29. The fourth-order valence-electron chi connectivity index (χ4n) is 7.86. The highest BCUT2D eigenvalue weighted by molar-refractivity contribution is 7.47. The highest BCUT2D eigenvalue weighted by Gasteiger charge is 2.79. The van der Waals surface area contributed by atoms with Crippen molar-refractivity contribution in [1.29, 1.82) is 0 Å². The van der Waals surface area contributed by atoms with Crippen LogP contribution in [0.5, 0.6) is 11.5 Å². The standard InChI is InChI=1S/C23H26N2O3S.C2H2O4/c1-27-23-7-6-21(11-16(23)24-29)17-10-14-4-5-15(26)19-18(14)22(21,20(23)28-19)8-9-25(17)12-13-2-3-13;3-1(4)2(5)6/h4-7,13,16-17,20,26H,2-3,8-12H2,1H3;(H,3,4)(H,5,6)/t16-,17+,20+,21+,22-,23?;/m0./s1. The number of aromatic hydroxyl groups is 1. The molecule has 7 aliphatic rings. The number of phenols is 1. The van der Waals surface area contributed by atoms with E-state index in [4.69, 9.17) is 41.7 Å². The molecular weight excluding hydrogens is 472 g/mol. The molecule has 0 aromatic heterocycles. The first-order chi connectivity index (χ1) is 16.7. The number of hydrogen-bond donors (Lipinski definition) is 3. The second-order valence-electron chi connectivity index (χ2n) is 10.7. The Labute approximate surface area is 207 Å². The Bertz CT molecular complexity index is 1160. The Kier molecular flexibility index (Phi) is 4.88. The Morgan fingerprint density at radius 2 is 2.00 bits per heavy atom. The van der Waals surface area contributed by atoms with E-state index in [-0.39, 0.29) is 28.7 Å². The van der Waals surface area contributed by atoms with Crippen molar-refractivity contribution in [1.82, 2.24) is 4.90 Å². The maximum absolute atomic E-state index is 10.7. The molecule has 3 fully saturated rings. The predicted molar refractivity (Wildman–Crippen MR) is 125 cm³/mol. The summed E-state index contributed by atoms with van der Waals surface area (Å²) in [6, 6.07) is 4.26. The van der Waals surface area contributed by atoms with E-state index >= 15 is 0 Å². The molecule has 0 amide bonds. The van der Waals surface area contributed by atoms with Gasteiger partial charge in [0.1, 0.15) is 17.7 Å². The third-order valence-corrected chi connectivity index (χ3v) is 9.64. The smallest absolute Gasteiger partial charge is 0.414 e. The van der Waals surface area contributed by atoms with Crippen LogP contribution in [0.25, 0.3) is 0 Å².